The third-order valence-electron chi connectivity index (χ3n) is 5.83. The van der Waals surface area contributed by atoms with Crippen LogP contribution in [0.5, 0.6) is 0 Å². The highest BCUT2D eigenvalue weighted by atomic mass is 19.1. The number of hydrogen-bond acceptors (Lipinski definition) is 1. The summed E-state index contributed by atoms with van der Waals surface area (Å²) in [7, 11) is 0. The lowest BCUT2D eigenvalue weighted by atomic mass is 9.81. The normalized spacial score (nSPS) is 11.9. The molecule has 0 atom stereocenters. The standard InChI is InChI=1S/C29H22FNO/c30-26-17-9-7-11-21(26)19-20-25-24-16-8-10-18-27(24)31-28(25)29(32,22-12-3-1-4-13-22)23-14-5-2-6-15-23/h1-20,31-32H. The maximum absolute atomic E-state index is 14.3. The zero-order valence-electron chi connectivity index (χ0n) is 17.4. The van der Waals surface area contributed by atoms with Gasteiger partial charge in [0.25, 0.3) is 0 Å². The number of aliphatic hydroxyl groups is 1. The molecule has 5 rings (SSSR count). The Morgan fingerprint density at radius 1 is 0.656 bits per heavy atom. The molecule has 2 N–H and O–H groups in total. The second-order valence-electron chi connectivity index (χ2n) is 7.76. The molecule has 0 saturated heterocycles. The molecule has 32 heavy (non-hydrogen) atoms. The lowest BCUT2D eigenvalue weighted by Gasteiger charge is -2.29. The van der Waals surface area contributed by atoms with Crippen molar-refractivity contribution in [1.82, 2.24) is 4.98 Å². The van der Waals surface area contributed by atoms with Gasteiger partial charge in [0.05, 0.1) is 5.69 Å². The Morgan fingerprint density at radius 3 is 1.88 bits per heavy atom. The van der Waals surface area contributed by atoms with E-state index in [9.17, 15) is 9.50 Å². The van der Waals surface area contributed by atoms with Crippen molar-refractivity contribution >= 4 is 23.1 Å². The average molecular weight is 419 g/mol. The minimum Gasteiger partial charge on any atom is -0.375 e. The van der Waals surface area contributed by atoms with Crippen molar-refractivity contribution in [1.29, 1.82) is 0 Å². The summed E-state index contributed by atoms with van der Waals surface area (Å²) in [5.41, 5.74) is 2.93. The van der Waals surface area contributed by atoms with Gasteiger partial charge in [0.2, 0.25) is 0 Å². The summed E-state index contributed by atoms with van der Waals surface area (Å²) in [5.74, 6) is -0.286. The largest absolute Gasteiger partial charge is 0.375 e. The molecular weight excluding hydrogens is 397 g/mol. The molecule has 1 aromatic heterocycles. The molecule has 0 spiro atoms. The molecule has 2 nitrogen and oxygen atoms in total. The van der Waals surface area contributed by atoms with E-state index in [0.717, 1.165) is 27.6 Å². The van der Waals surface area contributed by atoms with E-state index in [0.29, 0.717) is 11.3 Å². The number of aromatic amines is 1. The van der Waals surface area contributed by atoms with Crippen LogP contribution in [0.1, 0.15) is 27.9 Å². The summed E-state index contributed by atoms with van der Waals surface area (Å²) in [5, 5.41) is 13.3. The molecule has 0 fully saturated rings. The predicted octanol–water partition coefficient (Wildman–Crippen LogP) is 6.76. The van der Waals surface area contributed by atoms with E-state index < -0.39 is 5.60 Å². The molecular formula is C29H22FNO. The maximum atomic E-state index is 14.3. The minimum atomic E-state index is -1.42. The Labute approximate surface area is 186 Å². The van der Waals surface area contributed by atoms with Crippen molar-refractivity contribution in [3.8, 4) is 0 Å². The molecule has 0 aliphatic heterocycles. The summed E-state index contributed by atoms with van der Waals surface area (Å²) in [6.45, 7) is 0. The van der Waals surface area contributed by atoms with E-state index in [-0.39, 0.29) is 5.82 Å². The molecule has 0 radical (unpaired) electrons. The zero-order valence-corrected chi connectivity index (χ0v) is 17.4. The first-order chi connectivity index (χ1) is 15.7. The monoisotopic (exact) mass is 419 g/mol. The Hall–Kier alpha value is -3.95. The van der Waals surface area contributed by atoms with Crippen molar-refractivity contribution < 1.29 is 9.50 Å². The van der Waals surface area contributed by atoms with Crippen LogP contribution in [0.25, 0.3) is 23.1 Å². The Kier molecular flexibility index (Phi) is 5.18. The van der Waals surface area contributed by atoms with Gasteiger partial charge in [-0.15, -0.1) is 0 Å². The Morgan fingerprint density at radius 2 is 1.22 bits per heavy atom. The summed E-state index contributed by atoms with van der Waals surface area (Å²) in [6.07, 6.45) is 3.63. The van der Waals surface area contributed by atoms with Crippen molar-refractivity contribution in [2.24, 2.45) is 0 Å². The number of hydrogen-bond donors (Lipinski definition) is 2. The van der Waals surface area contributed by atoms with Crippen LogP contribution >= 0.6 is 0 Å². The smallest absolute Gasteiger partial charge is 0.155 e. The summed E-state index contributed by atoms with van der Waals surface area (Å²) < 4.78 is 14.3. The van der Waals surface area contributed by atoms with E-state index in [1.807, 2.05) is 97.1 Å². The number of benzene rings is 4. The third kappa shape index (κ3) is 3.43. The molecule has 5 aromatic rings. The van der Waals surface area contributed by atoms with Gasteiger partial charge in [-0.2, -0.15) is 0 Å². The first-order valence-electron chi connectivity index (χ1n) is 10.5. The van der Waals surface area contributed by atoms with Gasteiger partial charge in [0.15, 0.2) is 5.60 Å². The van der Waals surface area contributed by atoms with Crippen LogP contribution in [0.4, 0.5) is 4.39 Å². The van der Waals surface area contributed by atoms with Gasteiger partial charge in [0.1, 0.15) is 5.82 Å². The quantitative estimate of drug-likeness (QED) is 0.324. The van der Waals surface area contributed by atoms with Crippen molar-refractivity contribution in [3.63, 3.8) is 0 Å². The molecule has 156 valence electrons. The number of para-hydroxylation sites is 1. The fourth-order valence-electron chi connectivity index (χ4n) is 4.22. The van der Waals surface area contributed by atoms with Crippen LogP contribution in [0.2, 0.25) is 0 Å². The first kappa shape index (κ1) is 20.0. The average Bonchev–Trinajstić information content (AvgIpc) is 3.23. The molecule has 0 aliphatic rings. The Bertz CT molecular complexity index is 1350. The summed E-state index contributed by atoms with van der Waals surface area (Å²) >= 11 is 0. The number of nitrogens with one attached hydrogen (secondary N) is 1. The van der Waals surface area contributed by atoms with Crippen LogP contribution in [0.3, 0.4) is 0 Å². The molecule has 1 heterocycles. The van der Waals surface area contributed by atoms with Gasteiger partial charge in [-0.05, 0) is 23.3 Å². The van der Waals surface area contributed by atoms with E-state index >= 15 is 0 Å². The lowest BCUT2D eigenvalue weighted by molar-refractivity contribution is 0.121. The van der Waals surface area contributed by atoms with Gasteiger partial charge in [-0.3, -0.25) is 0 Å². The van der Waals surface area contributed by atoms with Gasteiger partial charge < -0.3 is 10.1 Å². The molecule has 0 aliphatic carbocycles. The van der Waals surface area contributed by atoms with E-state index in [4.69, 9.17) is 0 Å². The van der Waals surface area contributed by atoms with E-state index in [2.05, 4.69) is 4.98 Å². The SMILES string of the molecule is OC(c1ccccc1)(c1ccccc1)c1[nH]c2ccccc2c1C=Cc1ccccc1F. The van der Waals surface area contributed by atoms with Gasteiger partial charge in [0, 0.05) is 22.0 Å². The van der Waals surface area contributed by atoms with Crippen LogP contribution in [0, 0.1) is 5.82 Å². The molecule has 0 bridgehead atoms. The van der Waals surface area contributed by atoms with Gasteiger partial charge >= 0.3 is 0 Å². The highest BCUT2D eigenvalue weighted by Crippen LogP contribution is 2.41. The highest BCUT2D eigenvalue weighted by Gasteiger charge is 2.37. The zero-order chi connectivity index (χ0) is 22.0. The number of rotatable bonds is 5. The second kappa shape index (κ2) is 8.29. The number of fused-ring (bicyclic) bond motifs is 1. The van der Waals surface area contributed by atoms with Gasteiger partial charge in [-0.25, -0.2) is 4.39 Å². The van der Waals surface area contributed by atoms with E-state index in [1.165, 1.54) is 6.07 Å². The lowest BCUT2D eigenvalue weighted by Crippen LogP contribution is -2.30. The highest BCUT2D eigenvalue weighted by molar-refractivity contribution is 5.94. The van der Waals surface area contributed by atoms with E-state index in [1.54, 1.807) is 18.2 Å². The predicted molar refractivity (Wildman–Crippen MR) is 129 cm³/mol. The van der Waals surface area contributed by atoms with Gasteiger partial charge in [-0.1, -0.05) is 109 Å². The Balaban J connectivity index is 1.79. The van der Waals surface area contributed by atoms with Crippen LogP contribution in [-0.2, 0) is 5.60 Å². The molecule has 0 saturated carbocycles. The van der Waals surface area contributed by atoms with Crippen LogP contribution in [0.15, 0.2) is 109 Å². The fraction of sp³-hybridized carbons (Fsp3) is 0.0345. The molecule has 4 aromatic carbocycles. The topological polar surface area (TPSA) is 36.0 Å². The van der Waals surface area contributed by atoms with Crippen LogP contribution < -0.4 is 0 Å². The van der Waals surface area contributed by atoms with Crippen molar-refractivity contribution in [2.75, 3.05) is 0 Å². The van der Waals surface area contributed by atoms with Crippen molar-refractivity contribution in [3.05, 3.63) is 143 Å². The second-order valence-corrected chi connectivity index (χ2v) is 7.76. The third-order valence-corrected chi connectivity index (χ3v) is 5.83. The van der Waals surface area contributed by atoms with Crippen molar-refractivity contribution in [2.45, 2.75) is 5.60 Å². The molecule has 0 unspecified atom stereocenters. The molecule has 0 amide bonds. The summed E-state index contributed by atoms with van der Waals surface area (Å²) in [6, 6.07) is 33.8. The number of halogens is 1. The number of aromatic nitrogens is 1. The maximum Gasteiger partial charge on any atom is 0.155 e. The minimum absolute atomic E-state index is 0.286. The number of H-pyrrole nitrogens is 1. The molecule has 3 heteroatoms. The van der Waals surface area contributed by atoms with Crippen LogP contribution in [-0.4, -0.2) is 10.1 Å². The first-order valence-corrected chi connectivity index (χ1v) is 10.5. The summed E-state index contributed by atoms with van der Waals surface area (Å²) in [4.78, 5) is 3.46. The fourth-order valence-corrected chi connectivity index (χ4v) is 4.22.